The van der Waals surface area contributed by atoms with Gasteiger partial charge in [0.2, 0.25) is 0 Å². The zero-order chi connectivity index (χ0) is 11.0. The van der Waals surface area contributed by atoms with Gasteiger partial charge in [-0.15, -0.1) is 0 Å². The van der Waals surface area contributed by atoms with Crippen molar-refractivity contribution in [3.8, 4) is 5.69 Å². The maximum absolute atomic E-state index is 13.2. The molecule has 0 amide bonds. The Kier molecular flexibility index (Phi) is 2.67. The van der Waals surface area contributed by atoms with Crippen molar-refractivity contribution in [2.45, 2.75) is 6.92 Å². The second-order valence-corrected chi connectivity index (χ2v) is 3.91. The van der Waals surface area contributed by atoms with E-state index in [1.54, 1.807) is 12.1 Å². The second-order valence-electron chi connectivity index (χ2n) is 3.12. The van der Waals surface area contributed by atoms with Gasteiger partial charge in [-0.1, -0.05) is 23.2 Å². The van der Waals surface area contributed by atoms with Crippen molar-refractivity contribution in [2.75, 3.05) is 0 Å². The van der Waals surface area contributed by atoms with E-state index in [-0.39, 0.29) is 5.02 Å². The third-order valence-electron chi connectivity index (χ3n) is 1.94. The van der Waals surface area contributed by atoms with Crippen LogP contribution in [0.3, 0.4) is 0 Å². The third kappa shape index (κ3) is 1.98. The summed E-state index contributed by atoms with van der Waals surface area (Å²) >= 11 is 11.5. The second kappa shape index (κ2) is 3.83. The van der Waals surface area contributed by atoms with E-state index < -0.39 is 5.82 Å². The first-order valence-corrected chi connectivity index (χ1v) is 5.01. The highest BCUT2D eigenvalue weighted by atomic mass is 35.5. The molecule has 78 valence electrons. The summed E-state index contributed by atoms with van der Waals surface area (Å²) in [6, 6.07) is 6.12. The van der Waals surface area contributed by atoms with E-state index >= 15 is 0 Å². The van der Waals surface area contributed by atoms with Crippen LogP contribution in [-0.2, 0) is 0 Å². The predicted molar refractivity (Wildman–Crippen MR) is 58.3 cm³/mol. The van der Waals surface area contributed by atoms with Crippen molar-refractivity contribution < 1.29 is 4.39 Å². The van der Waals surface area contributed by atoms with Crippen LogP contribution in [0, 0.1) is 12.7 Å². The predicted octanol–water partition coefficient (Wildman–Crippen LogP) is 3.63. The van der Waals surface area contributed by atoms with E-state index in [2.05, 4.69) is 5.10 Å². The standard InChI is InChI=1S/C10H7Cl2FN2/c1-6-4-10(12)15(14-6)7-2-3-8(11)9(13)5-7/h2-5H,1H3. The van der Waals surface area contributed by atoms with E-state index in [9.17, 15) is 4.39 Å². The van der Waals surface area contributed by atoms with E-state index in [0.29, 0.717) is 10.8 Å². The minimum atomic E-state index is -0.488. The van der Waals surface area contributed by atoms with Gasteiger partial charge in [-0.3, -0.25) is 0 Å². The maximum atomic E-state index is 13.2. The van der Waals surface area contributed by atoms with Crippen molar-refractivity contribution in [3.63, 3.8) is 0 Å². The van der Waals surface area contributed by atoms with Crippen molar-refractivity contribution in [1.29, 1.82) is 0 Å². The molecule has 0 saturated carbocycles. The molecule has 0 unspecified atom stereocenters. The van der Waals surface area contributed by atoms with Crippen LogP contribution in [0.25, 0.3) is 5.69 Å². The fourth-order valence-electron chi connectivity index (χ4n) is 1.27. The SMILES string of the molecule is Cc1cc(Cl)n(-c2ccc(Cl)c(F)c2)n1. The van der Waals surface area contributed by atoms with Crippen LogP contribution in [-0.4, -0.2) is 9.78 Å². The lowest BCUT2D eigenvalue weighted by Gasteiger charge is -2.03. The molecule has 1 aromatic carbocycles. The molecule has 15 heavy (non-hydrogen) atoms. The molecule has 0 radical (unpaired) electrons. The number of halogens is 3. The lowest BCUT2D eigenvalue weighted by atomic mass is 10.3. The number of benzene rings is 1. The summed E-state index contributed by atoms with van der Waals surface area (Å²) in [5.74, 6) is -0.488. The average molecular weight is 245 g/mol. The summed E-state index contributed by atoms with van der Waals surface area (Å²) < 4.78 is 14.6. The van der Waals surface area contributed by atoms with Crippen LogP contribution in [0.1, 0.15) is 5.69 Å². The molecule has 0 fully saturated rings. The number of aryl methyl sites for hydroxylation is 1. The first kappa shape index (κ1) is 10.5. The monoisotopic (exact) mass is 244 g/mol. The van der Waals surface area contributed by atoms with Gasteiger partial charge in [-0.25, -0.2) is 9.07 Å². The Labute approximate surface area is 96.2 Å². The molecule has 0 spiro atoms. The molecule has 0 aliphatic carbocycles. The van der Waals surface area contributed by atoms with Crippen LogP contribution < -0.4 is 0 Å². The summed E-state index contributed by atoms with van der Waals surface area (Å²) in [5, 5.41) is 4.65. The zero-order valence-electron chi connectivity index (χ0n) is 7.84. The fraction of sp³-hybridized carbons (Fsp3) is 0.100. The largest absolute Gasteiger partial charge is 0.222 e. The molecule has 0 aliphatic rings. The average Bonchev–Trinajstić information content (AvgIpc) is 2.50. The molecule has 0 N–H and O–H groups in total. The minimum Gasteiger partial charge on any atom is -0.222 e. The van der Waals surface area contributed by atoms with Gasteiger partial charge in [0.15, 0.2) is 0 Å². The minimum absolute atomic E-state index is 0.0822. The highest BCUT2D eigenvalue weighted by molar-refractivity contribution is 6.31. The van der Waals surface area contributed by atoms with E-state index in [4.69, 9.17) is 23.2 Å². The Morgan fingerprint density at radius 3 is 2.53 bits per heavy atom. The van der Waals surface area contributed by atoms with Crippen LogP contribution in [0.2, 0.25) is 10.2 Å². The van der Waals surface area contributed by atoms with Gasteiger partial charge < -0.3 is 0 Å². The van der Waals surface area contributed by atoms with E-state index in [1.165, 1.54) is 16.8 Å². The zero-order valence-corrected chi connectivity index (χ0v) is 9.35. The Balaban J connectivity index is 2.54. The maximum Gasteiger partial charge on any atom is 0.143 e. The molecule has 5 heteroatoms. The lowest BCUT2D eigenvalue weighted by Crippen LogP contribution is -1.97. The molecule has 2 nitrogen and oxygen atoms in total. The molecule has 0 atom stereocenters. The number of rotatable bonds is 1. The van der Waals surface area contributed by atoms with Gasteiger partial charge >= 0.3 is 0 Å². The highest BCUT2D eigenvalue weighted by Gasteiger charge is 2.07. The summed E-state index contributed by atoms with van der Waals surface area (Å²) in [7, 11) is 0. The van der Waals surface area contributed by atoms with Crippen LogP contribution in [0.4, 0.5) is 4.39 Å². The van der Waals surface area contributed by atoms with Gasteiger partial charge in [0.05, 0.1) is 16.4 Å². The Hall–Kier alpha value is -1.06. The van der Waals surface area contributed by atoms with Crippen molar-refractivity contribution >= 4 is 23.2 Å². The smallest absolute Gasteiger partial charge is 0.143 e. The van der Waals surface area contributed by atoms with E-state index in [1.807, 2.05) is 6.92 Å². The molecule has 0 saturated heterocycles. The number of hydrogen-bond donors (Lipinski definition) is 0. The third-order valence-corrected chi connectivity index (χ3v) is 2.51. The quantitative estimate of drug-likeness (QED) is 0.750. The van der Waals surface area contributed by atoms with Gasteiger partial charge in [0, 0.05) is 6.07 Å². The molecule has 1 aromatic heterocycles. The van der Waals surface area contributed by atoms with Crippen LogP contribution in [0.5, 0.6) is 0 Å². The number of aromatic nitrogens is 2. The summed E-state index contributed by atoms with van der Waals surface area (Å²) in [6.45, 7) is 1.81. The Morgan fingerprint density at radius 1 is 1.27 bits per heavy atom. The molecular weight excluding hydrogens is 238 g/mol. The van der Waals surface area contributed by atoms with Crippen LogP contribution >= 0.6 is 23.2 Å². The Morgan fingerprint density at radius 2 is 2.00 bits per heavy atom. The first-order chi connectivity index (χ1) is 7.08. The lowest BCUT2D eigenvalue weighted by molar-refractivity contribution is 0.626. The molecule has 0 aliphatic heterocycles. The highest BCUT2D eigenvalue weighted by Crippen LogP contribution is 2.21. The summed E-state index contributed by atoms with van der Waals surface area (Å²) in [5.41, 5.74) is 1.32. The van der Waals surface area contributed by atoms with Gasteiger partial charge in [-0.2, -0.15) is 5.10 Å². The number of hydrogen-bond acceptors (Lipinski definition) is 1. The first-order valence-electron chi connectivity index (χ1n) is 4.25. The van der Waals surface area contributed by atoms with Crippen molar-refractivity contribution in [3.05, 3.63) is 46.0 Å². The van der Waals surface area contributed by atoms with Crippen molar-refractivity contribution in [2.24, 2.45) is 0 Å². The summed E-state index contributed by atoms with van der Waals surface area (Å²) in [6.07, 6.45) is 0. The van der Waals surface area contributed by atoms with Crippen molar-refractivity contribution in [1.82, 2.24) is 9.78 Å². The molecule has 2 rings (SSSR count). The summed E-state index contributed by atoms with van der Waals surface area (Å²) in [4.78, 5) is 0. The normalized spacial score (nSPS) is 10.7. The molecule has 2 aromatic rings. The fourth-order valence-corrected chi connectivity index (χ4v) is 1.68. The topological polar surface area (TPSA) is 17.8 Å². The van der Waals surface area contributed by atoms with Gasteiger partial charge in [0.1, 0.15) is 11.0 Å². The van der Waals surface area contributed by atoms with Gasteiger partial charge in [-0.05, 0) is 25.1 Å². The Bertz CT molecular complexity index is 508. The van der Waals surface area contributed by atoms with E-state index in [0.717, 1.165) is 5.69 Å². The molecule has 1 heterocycles. The van der Waals surface area contributed by atoms with Gasteiger partial charge in [0.25, 0.3) is 0 Å². The molecular formula is C10H7Cl2FN2. The number of nitrogens with zero attached hydrogens (tertiary/aromatic N) is 2. The van der Waals surface area contributed by atoms with Crippen LogP contribution in [0.15, 0.2) is 24.3 Å². The molecule has 0 bridgehead atoms.